The first-order valence-corrected chi connectivity index (χ1v) is 8.09. The normalized spacial score (nSPS) is 10.3. The average molecular weight is 351 g/mol. The number of pyridine rings is 1. The molecule has 0 aliphatic rings. The predicted octanol–water partition coefficient (Wildman–Crippen LogP) is 4.22. The molecular formula is C20H15ClN2O2. The number of benzene rings is 2. The molecule has 0 unspecified atom stereocenters. The number of carbonyl (C=O) groups excluding carboxylic acids is 2. The monoisotopic (exact) mass is 350 g/mol. The lowest BCUT2D eigenvalue weighted by Crippen LogP contribution is -2.36. The molecule has 3 aromatic rings. The molecule has 0 fully saturated rings. The summed E-state index contributed by atoms with van der Waals surface area (Å²) in [6, 6.07) is 20.8. The van der Waals surface area contributed by atoms with Gasteiger partial charge in [0.2, 0.25) is 0 Å². The summed E-state index contributed by atoms with van der Waals surface area (Å²) in [6.45, 7) is 0.164. The van der Waals surface area contributed by atoms with Gasteiger partial charge in [-0.25, -0.2) is 0 Å². The van der Waals surface area contributed by atoms with Crippen LogP contribution in [0.25, 0.3) is 0 Å². The molecule has 1 heterocycles. The van der Waals surface area contributed by atoms with E-state index in [2.05, 4.69) is 4.98 Å². The molecule has 0 radical (unpaired) electrons. The Bertz CT molecular complexity index is 865. The van der Waals surface area contributed by atoms with Crippen molar-refractivity contribution in [1.82, 2.24) is 9.88 Å². The highest BCUT2D eigenvalue weighted by Gasteiger charge is 2.25. The molecular weight excluding hydrogens is 336 g/mol. The number of aromatic nitrogens is 1. The molecule has 0 saturated heterocycles. The van der Waals surface area contributed by atoms with Gasteiger partial charge in [-0.05, 0) is 42.0 Å². The number of hydrogen-bond acceptors (Lipinski definition) is 3. The second-order valence-corrected chi connectivity index (χ2v) is 5.84. The van der Waals surface area contributed by atoms with Crippen molar-refractivity contribution in [3.8, 4) is 0 Å². The summed E-state index contributed by atoms with van der Waals surface area (Å²) in [6.07, 6.45) is 1.53. The largest absolute Gasteiger partial charge is 0.279 e. The molecule has 0 aliphatic heterocycles. The standard InChI is InChI=1S/C20H15ClN2O2/c21-17-11-9-16(10-12-17)19(24)23(14-15-6-2-1-3-7-15)20(25)18-8-4-5-13-22-18/h1-13H,14H2. The van der Waals surface area contributed by atoms with E-state index in [4.69, 9.17) is 11.6 Å². The molecule has 0 spiro atoms. The summed E-state index contributed by atoms with van der Waals surface area (Å²) in [4.78, 5) is 31.0. The van der Waals surface area contributed by atoms with Crippen molar-refractivity contribution in [2.24, 2.45) is 0 Å². The molecule has 5 heteroatoms. The van der Waals surface area contributed by atoms with Crippen LogP contribution in [0.1, 0.15) is 26.4 Å². The number of imide groups is 1. The van der Waals surface area contributed by atoms with Crippen LogP contribution in [-0.4, -0.2) is 21.7 Å². The van der Waals surface area contributed by atoms with E-state index in [1.807, 2.05) is 30.3 Å². The van der Waals surface area contributed by atoms with E-state index in [0.29, 0.717) is 10.6 Å². The van der Waals surface area contributed by atoms with Gasteiger partial charge in [-0.15, -0.1) is 0 Å². The maximum absolute atomic E-state index is 12.9. The smallest absolute Gasteiger partial charge is 0.269 e. The van der Waals surface area contributed by atoms with Crippen LogP contribution in [0.15, 0.2) is 79.0 Å². The number of carbonyl (C=O) groups is 2. The van der Waals surface area contributed by atoms with Gasteiger partial charge < -0.3 is 0 Å². The van der Waals surface area contributed by atoms with Crippen molar-refractivity contribution in [2.45, 2.75) is 6.54 Å². The van der Waals surface area contributed by atoms with Gasteiger partial charge in [0.25, 0.3) is 11.8 Å². The highest BCUT2D eigenvalue weighted by atomic mass is 35.5. The summed E-state index contributed by atoms with van der Waals surface area (Å²) < 4.78 is 0. The predicted molar refractivity (Wildman–Crippen MR) is 96.3 cm³/mol. The molecule has 25 heavy (non-hydrogen) atoms. The minimum Gasteiger partial charge on any atom is -0.269 e. The highest BCUT2D eigenvalue weighted by Crippen LogP contribution is 2.16. The fourth-order valence-electron chi connectivity index (χ4n) is 2.38. The first kappa shape index (κ1) is 16.9. The van der Waals surface area contributed by atoms with E-state index >= 15 is 0 Å². The van der Waals surface area contributed by atoms with E-state index in [1.54, 1.807) is 42.5 Å². The first-order valence-electron chi connectivity index (χ1n) is 7.72. The van der Waals surface area contributed by atoms with Crippen LogP contribution in [0, 0.1) is 0 Å². The van der Waals surface area contributed by atoms with E-state index in [-0.39, 0.29) is 12.2 Å². The van der Waals surface area contributed by atoms with Crippen LogP contribution in [0.3, 0.4) is 0 Å². The Labute approximate surface area is 150 Å². The van der Waals surface area contributed by atoms with Crippen LogP contribution in [0.5, 0.6) is 0 Å². The number of hydrogen-bond donors (Lipinski definition) is 0. The topological polar surface area (TPSA) is 50.3 Å². The zero-order valence-electron chi connectivity index (χ0n) is 13.3. The zero-order chi connectivity index (χ0) is 17.6. The van der Waals surface area contributed by atoms with Gasteiger partial charge in [0, 0.05) is 16.8 Å². The van der Waals surface area contributed by atoms with Crippen LogP contribution >= 0.6 is 11.6 Å². The Morgan fingerprint density at radius 3 is 2.16 bits per heavy atom. The van der Waals surface area contributed by atoms with Gasteiger partial charge in [0.15, 0.2) is 0 Å². The maximum Gasteiger partial charge on any atom is 0.279 e. The van der Waals surface area contributed by atoms with E-state index < -0.39 is 11.8 Å². The van der Waals surface area contributed by atoms with E-state index in [0.717, 1.165) is 5.56 Å². The third-order valence-electron chi connectivity index (χ3n) is 3.65. The second kappa shape index (κ2) is 7.73. The van der Waals surface area contributed by atoms with Gasteiger partial charge >= 0.3 is 0 Å². The van der Waals surface area contributed by atoms with Gasteiger partial charge in [0.05, 0.1) is 6.54 Å². The maximum atomic E-state index is 12.9. The summed E-state index contributed by atoms with van der Waals surface area (Å²) in [5.41, 5.74) is 1.47. The van der Waals surface area contributed by atoms with Crippen molar-refractivity contribution in [1.29, 1.82) is 0 Å². The van der Waals surface area contributed by atoms with Gasteiger partial charge in [0.1, 0.15) is 5.69 Å². The Hall–Kier alpha value is -2.98. The number of nitrogens with zero attached hydrogens (tertiary/aromatic N) is 2. The van der Waals surface area contributed by atoms with Crippen LogP contribution < -0.4 is 0 Å². The number of rotatable bonds is 4. The third-order valence-corrected chi connectivity index (χ3v) is 3.90. The van der Waals surface area contributed by atoms with Crippen molar-refractivity contribution in [3.05, 3.63) is 101 Å². The zero-order valence-corrected chi connectivity index (χ0v) is 14.1. The highest BCUT2D eigenvalue weighted by molar-refractivity contribution is 6.30. The third kappa shape index (κ3) is 4.11. The summed E-state index contributed by atoms with van der Waals surface area (Å²) in [7, 11) is 0. The Morgan fingerprint density at radius 2 is 1.52 bits per heavy atom. The van der Waals surface area contributed by atoms with Crippen molar-refractivity contribution < 1.29 is 9.59 Å². The molecule has 4 nitrogen and oxygen atoms in total. The SMILES string of the molecule is O=C(c1ccc(Cl)cc1)N(Cc1ccccc1)C(=O)c1ccccn1. The molecule has 1 aromatic heterocycles. The van der Waals surface area contributed by atoms with Crippen molar-refractivity contribution >= 4 is 23.4 Å². The quantitative estimate of drug-likeness (QED) is 0.662. The first-order chi connectivity index (χ1) is 12.1. The molecule has 0 aliphatic carbocycles. The van der Waals surface area contributed by atoms with Crippen molar-refractivity contribution in [3.63, 3.8) is 0 Å². The molecule has 2 amide bonds. The minimum atomic E-state index is -0.440. The summed E-state index contributed by atoms with van der Waals surface area (Å²) in [5, 5.41) is 0.530. The fraction of sp³-hybridized carbons (Fsp3) is 0.0500. The van der Waals surface area contributed by atoms with Crippen LogP contribution in [0.4, 0.5) is 0 Å². The lowest BCUT2D eigenvalue weighted by Gasteiger charge is -2.21. The van der Waals surface area contributed by atoms with E-state index in [1.165, 1.54) is 11.1 Å². The molecule has 3 rings (SSSR count). The van der Waals surface area contributed by atoms with Gasteiger partial charge in [-0.2, -0.15) is 0 Å². The Balaban J connectivity index is 1.95. The Kier molecular flexibility index (Phi) is 5.21. The van der Waals surface area contributed by atoms with Crippen LogP contribution in [0.2, 0.25) is 5.02 Å². The van der Waals surface area contributed by atoms with Crippen molar-refractivity contribution in [2.75, 3.05) is 0 Å². The summed E-state index contributed by atoms with van der Waals surface area (Å²) in [5.74, 6) is -0.833. The minimum absolute atomic E-state index is 0.164. The molecule has 0 saturated carbocycles. The lowest BCUT2D eigenvalue weighted by atomic mass is 10.1. The summed E-state index contributed by atoms with van der Waals surface area (Å²) >= 11 is 5.88. The van der Waals surface area contributed by atoms with Gasteiger partial charge in [-0.1, -0.05) is 48.0 Å². The molecule has 2 aromatic carbocycles. The molecule has 0 bridgehead atoms. The van der Waals surface area contributed by atoms with Gasteiger partial charge in [-0.3, -0.25) is 19.5 Å². The average Bonchev–Trinajstić information content (AvgIpc) is 2.67. The number of halogens is 1. The van der Waals surface area contributed by atoms with E-state index in [9.17, 15) is 9.59 Å². The molecule has 124 valence electrons. The molecule has 0 atom stereocenters. The van der Waals surface area contributed by atoms with Crippen LogP contribution in [-0.2, 0) is 6.54 Å². The lowest BCUT2D eigenvalue weighted by molar-refractivity contribution is 0.0600. The number of amides is 2. The second-order valence-electron chi connectivity index (χ2n) is 5.40. The Morgan fingerprint density at radius 1 is 0.840 bits per heavy atom. The fourth-order valence-corrected chi connectivity index (χ4v) is 2.50. The molecule has 0 N–H and O–H groups in total.